The van der Waals surface area contributed by atoms with Crippen LogP contribution in [0.1, 0.15) is 12.5 Å². The third-order valence-corrected chi connectivity index (χ3v) is 1.32. The van der Waals surface area contributed by atoms with Crippen LogP contribution in [-0.4, -0.2) is 12.9 Å². The Morgan fingerprint density at radius 2 is 1.93 bits per heavy atom. The van der Waals surface area contributed by atoms with Crippen molar-refractivity contribution in [3.63, 3.8) is 0 Å². The molecule has 0 bridgehead atoms. The summed E-state index contributed by atoms with van der Waals surface area (Å²) < 4.78 is 4.88. The van der Waals surface area contributed by atoms with Crippen LogP contribution in [0.5, 0.6) is 5.75 Å². The summed E-state index contributed by atoms with van der Waals surface area (Å²) in [6.07, 6.45) is 0. The van der Waals surface area contributed by atoms with Crippen molar-refractivity contribution in [2.75, 3.05) is 7.11 Å². The standard InChI is InChI=1S/C8H9N2O.C2H5.2Y/c1-11-7-4-2-6(3-5-7)8(9)10;1-2;;/h2-4H,1H3,(H3,9,10);1H2,2H3;;/q2*-1;;. The Morgan fingerprint density at radius 3 is 2.20 bits per heavy atom. The fourth-order valence-electron chi connectivity index (χ4n) is 0.705. The van der Waals surface area contributed by atoms with Crippen LogP contribution in [0.15, 0.2) is 18.2 Å². The van der Waals surface area contributed by atoms with Gasteiger partial charge in [-0.3, -0.25) is 5.41 Å². The number of nitrogens with two attached hydrogens (primary N) is 1. The maximum atomic E-state index is 7.08. The van der Waals surface area contributed by atoms with E-state index in [9.17, 15) is 0 Å². The minimum absolute atomic E-state index is 0. The molecule has 0 aliphatic carbocycles. The third kappa shape index (κ3) is 8.50. The van der Waals surface area contributed by atoms with Gasteiger partial charge in [0.1, 0.15) is 0 Å². The molecule has 0 spiro atoms. The second kappa shape index (κ2) is 12.8. The average Bonchev–Trinajstić information content (AvgIpc) is 2.21. The predicted octanol–water partition coefficient (Wildman–Crippen LogP) is 1.61. The van der Waals surface area contributed by atoms with Crippen LogP contribution in [0.4, 0.5) is 0 Å². The van der Waals surface area contributed by atoms with Crippen molar-refractivity contribution in [1.82, 2.24) is 0 Å². The number of hydrogen-bond acceptors (Lipinski definition) is 2. The van der Waals surface area contributed by atoms with E-state index in [1.165, 1.54) is 0 Å². The van der Waals surface area contributed by atoms with Crippen molar-refractivity contribution in [2.45, 2.75) is 6.92 Å². The van der Waals surface area contributed by atoms with Gasteiger partial charge in [-0.05, 0) is 0 Å². The molecule has 3 N–H and O–H groups in total. The molecule has 3 nitrogen and oxygen atoms in total. The van der Waals surface area contributed by atoms with Gasteiger partial charge in [0.15, 0.2) is 0 Å². The number of benzene rings is 1. The largest absolute Gasteiger partial charge is 0.523 e. The summed E-state index contributed by atoms with van der Waals surface area (Å²) in [5, 5.41) is 7.08. The summed E-state index contributed by atoms with van der Waals surface area (Å²) in [5.74, 6) is 0.693. The van der Waals surface area contributed by atoms with E-state index in [1.54, 1.807) is 32.2 Å². The van der Waals surface area contributed by atoms with Gasteiger partial charge in [0.05, 0.1) is 12.9 Å². The molecule has 0 saturated heterocycles. The minimum atomic E-state index is 0. The first-order chi connectivity index (χ1) is 6.24. The van der Waals surface area contributed by atoms with Gasteiger partial charge in [-0.1, -0.05) is 5.56 Å². The molecule has 0 unspecified atom stereocenters. The fraction of sp³-hybridized carbons (Fsp3) is 0.200. The molecule has 1 aromatic rings. The molecular weight excluding hydrogens is 342 g/mol. The Balaban J connectivity index is -0.000000339. The molecule has 0 saturated carbocycles. The zero-order valence-electron chi connectivity index (χ0n) is 9.08. The summed E-state index contributed by atoms with van der Waals surface area (Å²) in [7, 11) is 1.57. The van der Waals surface area contributed by atoms with Crippen molar-refractivity contribution in [2.24, 2.45) is 5.73 Å². The van der Waals surface area contributed by atoms with Gasteiger partial charge in [0, 0.05) is 71.2 Å². The Bertz CT molecular complexity index is 263. The number of nitrogen functional groups attached to an aromatic ring is 1. The van der Waals surface area contributed by atoms with E-state index >= 15 is 0 Å². The second-order valence-electron chi connectivity index (χ2n) is 2.06. The molecule has 78 valence electrons. The number of ether oxygens (including phenoxy) is 1. The van der Waals surface area contributed by atoms with E-state index in [2.05, 4.69) is 13.0 Å². The van der Waals surface area contributed by atoms with Gasteiger partial charge in [-0.15, -0.1) is 12.1 Å². The van der Waals surface area contributed by atoms with Crippen molar-refractivity contribution in [3.8, 4) is 5.75 Å². The molecule has 0 aliphatic rings. The first-order valence-electron chi connectivity index (χ1n) is 3.85. The van der Waals surface area contributed by atoms with E-state index in [-0.39, 0.29) is 71.3 Å². The van der Waals surface area contributed by atoms with Gasteiger partial charge >= 0.3 is 0 Å². The van der Waals surface area contributed by atoms with E-state index < -0.39 is 0 Å². The molecule has 1 rings (SSSR count). The molecule has 0 atom stereocenters. The Labute approximate surface area is 142 Å². The Morgan fingerprint density at radius 1 is 1.40 bits per heavy atom. The van der Waals surface area contributed by atoms with Crippen molar-refractivity contribution < 1.29 is 70.2 Å². The average molecular weight is 356 g/mol. The Hall–Kier alpha value is 0.698. The van der Waals surface area contributed by atoms with Crippen LogP contribution in [0.2, 0.25) is 0 Å². The fourth-order valence-corrected chi connectivity index (χ4v) is 0.705. The number of methoxy groups -OCH3 is 1. The molecule has 0 amide bonds. The van der Waals surface area contributed by atoms with Gasteiger partial charge in [-0.25, -0.2) is 0 Å². The van der Waals surface area contributed by atoms with Gasteiger partial charge in [0.25, 0.3) is 0 Å². The van der Waals surface area contributed by atoms with Crippen LogP contribution in [0.25, 0.3) is 0 Å². The van der Waals surface area contributed by atoms with Crippen LogP contribution in [-0.2, 0) is 65.4 Å². The molecule has 2 radical (unpaired) electrons. The summed E-state index contributed by atoms with van der Waals surface area (Å²) in [4.78, 5) is 0. The summed E-state index contributed by atoms with van der Waals surface area (Å²) in [6, 6.07) is 7.89. The molecule has 1 aromatic carbocycles. The van der Waals surface area contributed by atoms with Crippen molar-refractivity contribution >= 4 is 5.84 Å². The minimum Gasteiger partial charge on any atom is -0.523 e. The monoisotopic (exact) mass is 356 g/mol. The zero-order valence-corrected chi connectivity index (χ0v) is 14.8. The summed E-state index contributed by atoms with van der Waals surface area (Å²) in [6.45, 7) is 5.00. The molecule has 0 aromatic heterocycles. The van der Waals surface area contributed by atoms with Gasteiger partial charge < -0.3 is 17.4 Å². The van der Waals surface area contributed by atoms with Crippen LogP contribution in [0.3, 0.4) is 0 Å². The SMILES string of the molecule is COc1[c-]cc(C(=N)N)cc1.[CH2-]C.[Y].[Y]. The van der Waals surface area contributed by atoms with Crippen LogP contribution >= 0.6 is 0 Å². The van der Waals surface area contributed by atoms with Crippen LogP contribution < -0.4 is 10.5 Å². The molecular formula is C10H14N2OY2-2. The number of amidine groups is 1. The Kier molecular flexibility index (Phi) is 17.9. The van der Waals surface area contributed by atoms with E-state index in [0.717, 1.165) is 0 Å². The summed E-state index contributed by atoms with van der Waals surface area (Å²) >= 11 is 0. The maximum absolute atomic E-state index is 7.08. The predicted molar refractivity (Wildman–Crippen MR) is 53.9 cm³/mol. The van der Waals surface area contributed by atoms with Crippen molar-refractivity contribution in [1.29, 1.82) is 5.41 Å². The first kappa shape index (κ1) is 21.0. The molecule has 0 aliphatic heterocycles. The zero-order chi connectivity index (χ0) is 10.3. The summed E-state index contributed by atoms with van der Waals surface area (Å²) in [5.41, 5.74) is 5.89. The van der Waals surface area contributed by atoms with Gasteiger partial charge in [-0.2, -0.15) is 19.1 Å². The van der Waals surface area contributed by atoms with Crippen molar-refractivity contribution in [3.05, 3.63) is 36.8 Å². The maximum Gasteiger partial charge on any atom is 0.0743 e. The van der Waals surface area contributed by atoms with Crippen LogP contribution in [0, 0.1) is 18.4 Å². The quantitative estimate of drug-likeness (QED) is 0.481. The topological polar surface area (TPSA) is 59.1 Å². The van der Waals surface area contributed by atoms with E-state index in [4.69, 9.17) is 15.9 Å². The van der Waals surface area contributed by atoms with E-state index in [1.807, 2.05) is 0 Å². The molecule has 15 heavy (non-hydrogen) atoms. The van der Waals surface area contributed by atoms with Gasteiger partial charge in [0.2, 0.25) is 0 Å². The second-order valence-corrected chi connectivity index (χ2v) is 2.06. The third-order valence-electron chi connectivity index (χ3n) is 1.32. The smallest absolute Gasteiger partial charge is 0.0743 e. The first-order valence-corrected chi connectivity index (χ1v) is 3.85. The number of nitrogens with one attached hydrogen (secondary N) is 1. The number of hydrogen-bond donors (Lipinski definition) is 2. The molecule has 0 heterocycles. The molecule has 5 heteroatoms. The molecule has 0 fully saturated rings. The van der Waals surface area contributed by atoms with E-state index in [0.29, 0.717) is 11.3 Å². The number of rotatable bonds is 2. The normalized spacial score (nSPS) is 7.13.